The number of esters is 1. The normalized spacial score (nSPS) is 14.3. The SMILES string of the molecule is Cc1ccc(NC(=O)COC(=O)c2cc(S(=O)(=O)N(C)C)ccc2N2CCCCC2)cc1. The van der Waals surface area contributed by atoms with Crippen LogP contribution in [0.3, 0.4) is 0 Å². The molecule has 0 unspecified atom stereocenters. The van der Waals surface area contributed by atoms with E-state index in [0.717, 1.165) is 42.2 Å². The highest BCUT2D eigenvalue weighted by molar-refractivity contribution is 7.89. The summed E-state index contributed by atoms with van der Waals surface area (Å²) in [5.41, 5.74) is 2.42. The molecule has 0 radical (unpaired) electrons. The lowest BCUT2D eigenvalue weighted by Crippen LogP contribution is -2.31. The van der Waals surface area contributed by atoms with Crippen molar-refractivity contribution in [2.45, 2.75) is 31.1 Å². The second-order valence-electron chi connectivity index (χ2n) is 8.00. The van der Waals surface area contributed by atoms with Crippen LogP contribution in [0, 0.1) is 6.92 Å². The maximum absolute atomic E-state index is 12.9. The molecule has 1 N–H and O–H groups in total. The van der Waals surface area contributed by atoms with Crippen LogP contribution in [-0.4, -0.2) is 58.4 Å². The molecule has 172 valence electrons. The number of carbonyl (C=O) groups is 2. The van der Waals surface area contributed by atoms with Crippen molar-refractivity contribution >= 4 is 33.3 Å². The number of anilines is 2. The molecule has 1 amide bonds. The maximum atomic E-state index is 12.9. The number of sulfonamides is 1. The van der Waals surface area contributed by atoms with E-state index in [-0.39, 0.29) is 10.5 Å². The van der Waals surface area contributed by atoms with Gasteiger partial charge in [0, 0.05) is 32.9 Å². The van der Waals surface area contributed by atoms with E-state index in [4.69, 9.17) is 4.74 Å². The molecular formula is C23H29N3O5S. The van der Waals surface area contributed by atoms with Crippen molar-refractivity contribution in [1.82, 2.24) is 4.31 Å². The highest BCUT2D eigenvalue weighted by Crippen LogP contribution is 2.28. The fourth-order valence-electron chi connectivity index (χ4n) is 3.50. The molecule has 1 heterocycles. The number of hydrogen-bond acceptors (Lipinski definition) is 6. The summed E-state index contributed by atoms with van der Waals surface area (Å²) in [4.78, 5) is 27.2. The lowest BCUT2D eigenvalue weighted by molar-refractivity contribution is -0.119. The predicted molar refractivity (Wildman–Crippen MR) is 123 cm³/mol. The number of benzene rings is 2. The highest BCUT2D eigenvalue weighted by Gasteiger charge is 2.25. The molecule has 1 aliphatic rings. The maximum Gasteiger partial charge on any atom is 0.340 e. The van der Waals surface area contributed by atoms with Crippen LogP contribution < -0.4 is 10.2 Å². The number of hydrogen-bond donors (Lipinski definition) is 1. The number of nitrogens with zero attached hydrogens (tertiary/aromatic N) is 2. The molecule has 9 heteroatoms. The van der Waals surface area contributed by atoms with Crippen molar-refractivity contribution in [3.63, 3.8) is 0 Å². The Morgan fingerprint density at radius 2 is 1.69 bits per heavy atom. The molecule has 1 aliphatic heterocycles. The first-order chi connectivity index (χ1) is 15.2. The van der Waals surface area contributed by atoms with Crippen LogP contribution in [0.25, 0.3) is 0 Å². The van der Waals surface area contributed by atoms with Gasteiger partial charge in [-0.15, -0.1) is 0 Å². The smallest absolute Gasteiger partial charge is 0.340 e. The lowest BCUT2D eigenvalue weighted by Gasteiger charge is -2.30. The van der Waals surface area contributed by atoms with Crippen molar-refractivity contribution in [3.05, 3.63) is 53.6 Å². The first kappa shape index (κ1) is 23.7. The summed E-state index contributed by atoms with van der Waals surface area (Å²) < 4.78 is 31.5. The van der Waals surface area contributed by atoms with Gasteiger partial charge in [-0.3, -0.25) is 4.79 Å². The molecule has 3 rings (SSSR count). The summed E-state index contributed by atoms with van der Waals surface area (Å²) in [6, 6.07) is 11.7. The van der Waals surface area contributed by atoms with E-state index in [9.17, 15) is 18.0 Å². The Hall–Kier alpha value is -2.91. The molecule has 1 saturated heterocycles. The minimum Gasteiger partial charge on any atom is -0.452 e. The number of amides is 1. The molecule has 32 heavy (non-hydrogen) atoms. The summed E-state index contributed by atoms with van der Waals surface area (Å²) in [7, 11) is -0.864. The minimum absolute atomic E-state index is 0.000633. The Bertz CT molecular complexity index is 1080. The standard InChI is InChI=1S/C23H29N3O5S/c1-17-7-9-18(10-8-17)24-22(27)16-31-23(28)20-15-19(32(29,30)25(2)3)11-12-21(20)26-13-5-4-6-14-26/h7-12,15H,4-6,13-14,16H2,1-3H3,(H,24,27). The number of ether oxygens (including phenoxy) is 1. The fourth-order valence-corrected chi connectivity index (χ4v) is 4.43. The van der Waals surface area contributed by atoms with Crippen LogP contribution in [0.2, 0.25) is 0 Å². The molecule has 0 bridgehead atoms. The molecule has 0 aromatic heterocycles. The Kier molecular flexibility index (Phi) is 7.52. The van der Waals surface area contributed by atoms with Crippen LogP contribution in [-0.2, 0) is 19.6 Å². The van der Waals surface area contributed by atoms with E-state index in [1.165, 1.54) is 26.2 Å². The van der Waals surface area contributed by atoms with E-state index in [2.05, 4.69) is 10.2 Å². The molecule has 0 aliphatic carbocycles. The van der Waals surface area contributed by atoms with Crippen molar-refractivity contribution in [3.8, 4) is 0 Å². The zero-order valence-electron chi connectivity index (χ0n) is 18.6. The summed E-state index contributed by atoms with van der Waals surface area (Å²) in [6.07, 6.45) is 3.10. The average Bonchev–Trinajstić information content (AvgIpc) is 2.79. The molecule has 0 saturated carbocycles. The quantitative estimate of drug-likeness (QED) is 0.640. The molecule has 0 atom stereocenters. The Morgan fingerprint density at radius 1 is 1.03 bits per heavy atom. The van der Waals surface area contributed by atoms with Crippen molar-refractivity contribution in [2.75, 3.05) is 44.0 Å². The first-order valence-corrected chi connectivity index (χ1v) is 12.0. The van der Waals surface area contributed by atoms with Gasteiger partial charge in [0.1, 0.15) is 0 Å². The van der Waals surface area contributed by atoms with E-state index < -0.39 is 28.5 Å². The average molecular weight is 460 g/mol. The monoisotopic (exact) mass is 459 g/mol. The largest absolute Gasteiger partial charge is 0.452 e. The zero-order chi connectivity index (χ0) is 23.3. The van der Waals surface area contributed by atoms with Crippen molar-refractivity contribution < 1.29 is 22.7 Å². The molecule has 8 nitrogen and oxygen atoms in total. The summed E-state index contributed by atoms with van der Waals surface area (Å²) >= 11 is 0. The summed E-state index contributed by atoms with van der Waals surface area (Å²) in [6.45, 7) is 3.01. The molecule has 2 aromatic carbocycles. The first-order valence-electron chi connectivity index (χ1n) is 10.5. The van der Waals surface area contributed by atoms with Gasteiger partial charge >= 0.3 is 5.97 Å². The third kappa shape index (κ3) is 5.66. The van der Waals surface area contributed by atoms with Crippen LogP contribution in [0.4, 0.5) is 11.4 Å². The topological polar surface area (TPSA) is 96.0 Å². The van der Waals surface area contributed by atoms with Gasteiger partial charge < -0.3 is 15.0 Å². The van der Waals surface area contributed by atoms with Gasteiger partial charge in [-0.1, -0.05) is 17.7 Å². The van der Waals surface area contributed by atoms with Crippen LogP contribution in [0.5, 0.6) is 0 Å². The van der Waals surface area contributed by atoms with E-state index in [1.807, 2.05) is 19.1 Å². The lowest BCUT2D eigenvalue weighted by atomic mass is 10.1. The number of rotatable bonds is 7. The minimum atomic E-state index is -3.73. The van der Waals surface area contributed by atoms with Gasteiger partial charge in [-0.25, -0.2) is 17.5 Å². The molecule has 1 fully saturated rings. The third-order valence-corrected chi connectivity index (χ3v) is 7.14. The van der Waals surface area contributed by atoms with Crippen LogP contribution in [0.15, 0.2) is 47.4 Å². The molecule has 2 aromatic rings. The van der Waals surface area contributed by atoms with Crippen LogP contribution >= 0.6 is 0 Å². The fraction of sp³-hybridized carbons (Fsp3) is 0.391. The summed E-state index contributed by atoms with van der Waals surface area (Å²) in [5.74, 6) is -1.21. The van der Waals surface area contributed by atoms with Gasteiger partial charge in [0.2, 0.25) is 10.0 Å². The van der Waals surface area contributed by atoms with Crippen LogP contribution in [0.1, 0.15) is 35.2 Å². The second kappa shape index (κ2) is 10.1. The Balaban J connectivity index is 1.80. The van der Waals surface area contributed by atoms with E-state index >= 15 is 0 Å². The number of carbonyl (C=O) groups excluding carboxylic acids is 2. The van der Waals surface area contributed by atoms with Gasteiger partial charge in [0.05, 0.1) is 16.1 Å². The predicted octanol–water partition coefficient (Wildman–Crippen LogP) is 3.03. The van der Waals surface area contributed by atoms with Gasteiger partial charge in [-0.05, 0) is 56.5 Å². The number of nitrogens with one attached hydrogen (secondary N) is 1. The summed E-state index contributed by atoms with van der Waals surface area (Å²) in [5, 5.41) is 2.68. The van der Waals surface area contributed by atoms with Crippen molar-refractivity contribution in [1.29, 1.82) is 0 Å². The zero-order valence-corrected chi connectivity index (χ0v) is 19.4. The second-order valence-corrected chi connectivity index (χ2v) is 10.2. The Morgan fingerprint density at radius 3 is 2.31 bits per heavy atom. The molecule has 0 spiro atoms. The Labute approximate surface area is 189 Å². The van der Waals surface area contributed by atoms with E-state index in [1.54, 1.807) is 18.2 Å². The van der Waals surface area contributed by atoms with E-state index in [0.29, 0.717) is 11.4 Å². The highest BCUT2D eigenvalue weighted by atomic mass is 32.2. The van der Waals surface area contributed by atoms with Gasteiger partial charge in [0.25, 0.3) is 5.91 Å². The number of piperidine rings is 1. The molecular weight excluding hydrogens is 430 g/mol. The third-order valence-electron chi connectivity index (χ3n) is 5.33. The van der Waals surface area contributed by atoms with Gasteiger partial charge in [0.15, 0.2) is 6.61 Å². The van der Waals surface area contributed by atoms with Gasteiger partial charge in [-0.2, -0.15) is 0 Å². The van der Waals surface area contributed by atoms with Crippen molar-refractivity contribution in [2.24, 2.45) is 0 Å². The number of aryl methyl sites for hydroxylation is 1.